The van der Waals surface area contributed by atoms with E-state index < -0.39 is 0 Å². The molecule has 0 radical (unpaired) electrons. The van der Waals surface area contributed by atoms with E-state index in [0.717, 1.165) is 52.4 Å². The second-order valence-electron chi connectivity index (χ2n) is 6.71. The first-order valence-corrected chi connectivity index (χ1v) is 9.43. The number of para-hydroxylation sites is 1. The summed E-state index contributed by atoms with van der Waals surface area (Å²) in [5.74, 6) is 1.43. The van der Waals surface area contributed by atoms with E-state index in [4.69, 9.17) is 10.2 Å². The highest BCUT2D eigenvalue weighted by molar-refractivity contribution is 7.21. The molecule has 0 atom stereocenters. The van der Waals surface area contributed by atoms with Gasteiger partial charge in [0.05, 0.1) is 22.2 Å². The Labute approximate surface area is 150 Å². The van der Waals surface area contributed by atoms with Gasteiger partial charge >= 0.3 is 0 Å². The van der Waals surface area contributed by atoms with Crippen LogP contribution in [0.2, 0.25) is 0 Å². The van der Waals surface area contributed by atoms with Crippen LogP contribution in [-0.4, -0.2) is 17.4 Å². The number of amides is 1. The topological polar surface area (TPSA) is 81.2 Å². The highest BCUT2D eigenvalue weighted by Gasteiger charge is 2.39. The second kappa shape index (κ2) is 6.61. The predicted molar refractivity (Wildman–Crippen MR) is 99.1 cm³/mol. The molecule has 4 rings (SSSR count). The standard InChI is InChI=1S/C19H21N3O2S/c20-18(23)19(9-3-4-10-19)12-21-11-13-7-8-15(24-13)17-22-14-5-1-2-6-16(14)25-17/h1-2,5-8,21H,3-4,9-12H2,(H2,20,23). The number of carbonyl (C=O) groups excluding carboxylic acids is 1. The van der Waals surface area contributed by atoms with Crippen molar-refractivity contribution < 1.29 is 9.21 Å². The minimum Gasteiger partial charge on any atom is -0.457 e. The summed E-state index contributed by atoms with van der Waals surface area (Å²) in [6.45, 7) is 1.19. The summed E-state index contributed by atoms with van der Waals surface area (Å²) in [5.41, 5.74) is 6.22. The van der Waals surface area contributed by atoms with Gasteiger partial charge in [-0.3, -0.25) is 4.79 Å². The lowest BCUT2D eigenvalue weighted by molar-refractivity contribution is -0.127. The Hall–Kier alpha value is -2.18. The zero-order valence-electron chi connectivity index (χ0n) is 14.0. The Balaban J connectivity index is 1.42. The molecule has 0 bridgehead atoms. The third-order valence-corrected chi connectivity index (χ3v) is 6.06. The number of nitrogens with one attached hydrogen (secondary N) is 1. The van der Waals surface area contributed by atoms with E-state index in [1.807, 2.05) is 30.3 Å². The number of benzene rings is 1. The Bertz CT molecular complexity index is 860. The van der Waals surface area contributed by atoms with Crippen molar-refractivity contribution >= 4 is 27.5 Å². The van der Waals surface area contributed by atoms with Gasteiger partial charge in [0, 0.05) is 6.54 Å². The first-order valence-electron chi connectivity index (χ1n) is 8.62. The zero-order valence-corrected chi connectivity index (χ0v) is 14.8. The molecule has 2 heterocycles. The van der Waals surface area contributed by atoms with E-state index >= 15 is 0 Å². The molecule has 1 fully saturated rings. The van der Waals surface area contributed by atoms with Crippen LogP contribution in [0.3, 0.4) is 0 Å². The molecule has 1 aromatic carbocycles. The van der Waals surface area contributed by atoms with Crippen molar-refractivity contribution in [2.24, 2.45) is 11.1 Å². The highest BCUT2D eigenvalue weighted by atomic mass is 32.1. The summed E-state index contributed by atoms with van der Waals surface area (Å²) >= 11 is 1.62. The highest BCUT2D eigenvalue weighted by Crippen LogP contribution is 2.37. The summed E-state index contributed by atoms with van der Waals surface area (Å²) in [6.07, 6.45) is 3.91. The first kappa shape index (κ1) is 16.3. The molecule has 130 valence electrons. The second-order valence-corrected chi connectivity index (χ2v) is 7.74. The molecule has 1 aliphatic carbocycles. The van der Waals surface area contributed by atoms with Gasteiger partial charge in [-0.2, -0.15) is 0 Å². The Morgan fingerprint density at radius 2 is 2.04 bits per heavy atom. The monoisotopic (exact) mass is 355 g/mol. The van der Waals surface area contributed by atoms with Crippen LogP contribution in [0, 0.1) is 5.41 Å². The van der Waals surface area contributed by atoms with E-state index in [1.165, 1.54) is 0 Å². The maximum absolute atomic E-state index is 11.8. The van der Waals surface area contributed by atoms with Gasteiger partial charge in [-0.15, -0.1) is 11.3 Å². The summed E-state index contributed by atoms with van der Waals surface area (Å²) in [5, 5.41) is 4.23. The van der Waals surface area contributed by atoms with Crippen LogP contribution in [0.1, 0.15) is 31.4 Å². The van der Waals surface area contributed by atoms with Crippen molar-refractivity contribution in [3.63, 3.8) is 0 Å². The van der Waals surface area contributed by atoms with E-state index in [1.54, 1.807) is 11.3 Å². The lowest BCUT2D eigenvalue weighted by atomic mass is 9.85. The number of fused-ring (bicyclic) bond motifs is 1. The fourth-order valence-corrected chi connectivity index (χ4v) is 4.48. The Morgan fingerprint density at radius 1 is 1.24 bits per heavy atom. The molecule has 3 aromatic rings. The van der Waals surface area contributed by atoms with Crippen LogP contribution in [0.5, 0.6) is 0 Å². The van der Waals surface area contributed by atoms with Gasteiger partial charge < -0.3 is 15.5 Å². The SMILES string of the molecule is NC(=O)C1(CNCc2ccc(-c3nc4ccccc4s3)o2)CCCC1. The maximum Gasteiger partial charge on any atom is 0.224 e. The fraction of sp³-hybridized carbons (Fsp3) is 0.368. The van der Waals surface area contributed by atoms with Crippen LogP contribution in [-0.2, 0) is 11.3 Å². The van der Waals surface area contributed by atoms with Gasteiger partial charge in [-0.25, -0.2) is 4.98 Å². The quantitative estimate of drug-likeness (QED) is 0.706. The Kier molecular flexibility index (Phi) is 4.31. The van der Waals surface area contributed by atoms with Crippen molar-refractivity contribution in [3.8, 4) is 10.8 Å². The molecule has 1 aliphatic rings. The van der Waals surface area contributed by atoms with E-state index in [2.05, 4.69) is 16.4 Å². The molecule has 0 aliphatic heterocycles. The van der Waals surface area contributed by atoms with Gasteiger partial charge in [-0.05, 0) is 37.1 Å². The van der Waals surface area contributed by atoms with Crippen molar-refractivity contribution in [1.29, 1.82) is 0 Å². The molecule has 0 saturated heterocycles. The normalized spacial score (nSPS) is 16.5. The number of primary amides is 1. The van der Waals surface area contributed by atoms with E-state index in [0.29, 0.717) is 13.1 Å². The number of aromatic nitrogens is 1. The minimum atomic E-state index is -0.386. The number of hydrogen-bond donors (Lipinski definition) is 2. The van der Waals surface area contributed by atoms with Gasteiger partial charge in [0.15, 0.2) is 10.8 Å². The number of nitrogens with two attached hydrogens (primary N) is 1. The third-order valence-electron chi connectivity index (χ3n) is 5.01. The molecule has 3 N–H and O–H groups in total. The molecular formula is C19H21N3O2S. The molecule has 5 nitrogen and oxygen atoms in total. The van der Waals surface area contributed by atoms with Crippen LogP contribution in [0.15, 0.2) is 40.8 Å². The molecule has 0 unspecified atom stereocenters. The van der Waals surface area contributed by atoms with Crippen LogP contribution in [0.4, 0.5) is 0 Å². The minimum absolute atomic E-state index is 0.188. The lowest BCUT2D eigenvalue weighted by Crippen LogP contribution is -2.42. The number of nitrogens with zero attached hydrogens (tertiary/aromatic N) is 1. The number of hydrogen-bond acceptors (Lipinski definition) is 5. The average Bonchev–Trinajstić information content (AvgIpc) is 3.34. The molecule has 0 spiro atoms. The molecule has 1 saturated carbocycles. The van der Waals surface area contributed by atoms with Crippen molar-refractivity contribution in [2.45, 2.75) is 32.2 Å². The Morgan fingerprint density at radius 3 is 2.80 bits per heavy atom. The molecular weight excluding hydrogens is 334 g/mol. The molecule has 6 heteroatoms. The predicted octanol–water partition coefficient (Wildman–Crippen LogP) is 3.69. The van der Waals surface area contributed by atoms with Gasteiger partial charge in [-0.1, -0.05) is 25.0 Å². The van der Waals surface area contributed by atoms with E-state index in [-0.39, 0.29) is 11.3 Å². The number of thiazole rings is 1. The van der Waals surface area contributed by atoms with Crippen LogP contribution >= 0.6 is 11.3 Å². The van der Waals surface area contributed by atoms with Crippen molar-refractivity contribution in [2.75, 3.05) is 6.54 Å². The lowest BCUT2D eigenvalue weighted by Gasteiger charge is -2.25. The average molecular weight is 355 g/mol. The smallest absolute Gasteiger partial charge is 0.224 e. The summed E-state index contributed by atoms with van der Waals surface area (Å²) in [6, 6.07) is 12.0. The summed E-state index contributed by atoms with van der Waals surface area (Å²) < 4.78 is 7.08. The van der Waals surface area contributed by atoms with Crippen LogP contribution < -0.4 is 11.1 Å². The summed E-state index contributed by atoms with van der Waals surface area (Å²) in [4.78, 5) is 16.4. The number of carbonyl (C=O) groups is 1. The van der Waals surface area contributed by atoms with E-state index in [9.17, 15) is 4.79 Å². The number of furan rings is 1. The largest absolute Gasteiger partial charge is 0.457 e. The number of rotatable bonds is 6. The molecule has 25 heavy (non-hydrogen) atoms. The molecule has 1 amide bonds. The van der Waals surface area contributed by atoms with Crippen molar-refractivity contribution in [1.82, 2.24) is 10.3 Å². The zero-order chi connectivity index (χ0) is 17.3. The fourth-order valence-electron chi connectivity index (χ4n) is 3.55. The summed E-state index contributed by atoms with van der Waals surface area (Å²) in [7, 11) is 0. The first-order chi connectivity index (χ1) is 12.2. The van der Waals surface area contributed by atoms with Gasteiger partial charge in [0.25, 0.3) is 0 Å². The maximum atomic E-state index is 11.8. The van der Waals surface area contributed by atoms with Gasteiger partial charge in [0.1, 0.15) is 5.76 Å². The molecule has 2 aromatic heterocycles. The third kappa shape index (κ3) is 3.19. The van der Waals surface area contributed by atoms with Crippen LogP contribution in [0.25, 0.3) is 21.0 Å². The van der Waals surface area contributed by atoms with Crippen molar-refractivity contribution in [3.05, 3.63) is 42.2 Å². The van der Waals surface area contributed by atoms with Gasteiger partial charge in [0.2, 0.25) is 5.91 Å².